The molecule has 0 spiro atoms. The highest BCUT2D eigenvalue weighted by Gasteiger charge is 2.32. The number of benzene rings is 4. The smallest absolute Gasteiger partial charge is 0.251 e. The van der Waals surface area contributed by atoms with Crippen molar-refractivity contribution in [3.8, 4) is 34.3 Å². The van der Waals surface area contributed by atoms with Crippen LogP contribution in [0.2, 0.25) is 0 Å². The molecule has 2 fully saturated rings. The first-order valence-electron chi connectivity index (χ1n) is 23.0. The lowest BCUT2D eigenvalue weighted by Gasteiger charge is -2.37. The van der Waals surface area contributed by atoms with Crippen molar-refractivity contribution >= 4 is 57.7 Å². The predicted molar refractivity (Wildman–Crippen MR) is 268 cm³/mol. The van der Waals surface area contributed by atoms with E-state index in [1.165, 1.54) is 36.4 Å². The van der Waals surface area contributed by atoms with Crippen LogP contribution in [0, 0.1) is 36.3 Å². The van der Waals surface area contributed by atoms with Crippen molar-refractivity contribution in [1.82, 2.24) is 29.7 Å². The molecular weight excluding hydrogens is 906 g/mol. The quantitative estimate of drug-likeness (QED) is 0.115. The van der Waals surface area contributed by atoms with Gasteiger partial charge in [-0.3, -0.25) is 9.59 Å². The summed E-state index contributed by atoms with van der Waals surface area (Å²) in [7, 11) is 0. The lowest BCUT2D eigenvalue weighted by molar-refractivity contribution is -0.142. The molecule has 4 aromatic carbocycles. The number of phenolic OH excluding ortho intramolecular Hbond substituents is 2. The second kappa shape index (κ2) is 21.2. The molecule has 0 unspecified atom stereocenters. The molecule has 17 heteroatoms. The van der Waals surface area contributed by atoms with Gasteiger partial charge >= 0.3 is 0 Å². The predicted octanol–water partition coefficient (Wildman–Crippen LogP) is 8.21. The molecule has 2 amide bonds. The summed E-state index contributed by atoms with van der Waals surface area (Å²) < 4.78 is 29.2. The topological polar surface area (TPSA) is 180 Å². The molecule has 2 aliphatic heterocycles. The van der Waals surface area contributed by atoms with Gasteiger partial charge in [0, 0.05) is 63.1 Å². The van der Waals surface area contributed by atoms with Gasteiger partial charge in [-0.1, -0.05) is 65.8 Å². The van der Waals surface area contributed by atoms with Gasteiger partial charge in [0.05, 0.1) is 22.2 Å². The van der Waals surface area contributed by atoms with Gasteiger partial charge in [-0.15, -0.1) is 12.4 Å². The van der Waals surface area contributed by atoms with Crippen LogP contribution in [-0.4, -0.2) is 127 Å². The van der Waals surface area contributed by atoms with Crippen LogP contribution >= 0.6 is 12.4 Å². The highest BCUT2D eigenvalue weighted by Crippen LogP contribution is 2.36. The molecule has 0 saturated carbocycles. The number of aryl methyl sites for hydroxylation is 2. The number of aromatic hydroxyl groups is 2. The average molecular weight is 970 g/mol. The van der Waals surface area contributed by atoms with Crippen LogP contribution in [0.1, 0.15) is 65.5 Å². The first kappa shape index (κ1) is 52.1. The van der Waals surface area contributed by atoms with Gasteiger partial charge in [-0.05, 0) is 97.2 Å². The van der Waals surface area contributed by atoms with Crippen LogP contribution in [0.3, 0.4) is 0 Å². The average Bonchev–Trinajstić information content (AvgIpc) is 3.27. The third kappa shape index (κ3) is 12.3. The molecule has 0 aliphatic carbocycles. The van der Waals surface area contributed by atoms with Gasteiger partial charge in [-0.2, -0.15) is 0 Å². The Kier molecular flexibility index (Phi) is 16.0. The first-order valence-corrected chi connectivity index (χ1v) is 23.0. The Morgan fingerprint density at radius 1 is 0.565 bits per heavy atom. The molecule has 0 radical (unpaired) electrons. The Hall–Kier alpha value is -6.23. The molecular formula is C52H63ClF2N8O6. The molecule has 2 atom stereocenters. The lowest BCUT2D eigenvalue weighted by Crippen LogP contribution is -2.52. The van der Waals surface area contributed by atoms with Crippen LogP contribution in [-0.2, 0) is 9.59 Å². The summed E-state index contributed by atoms with van der Waals surface area (Å²) in [4.78, 5) is 51.4. The number of anilines is 2. The van der Waals surface area contributed by atoms with E-state index < -0.39 is 23.8 Å². The molecule has 2 saturated heterocycles. The molecule has 368 valence electrons. The molecule has 2 aromatic heterocycles. The van der Waals surface area contributed by atoms with Crippen LogP contribution in [0.25, 0.3) is 44.6 Å². The summed E-state index contributed by atoms with van der Waals surface area (Å²) >= 11 is 0. The standard InChI is InChI=1S/2C26H31FN4O3.ClH/c2*1-16-8-9-17-19(14-16)28-23(22-18(27)6-5-7-20(22)32)29-24(17)30-10-12-31(13-11-30)25(34)21(33)15-26(2,3)4;/h2*5-9,14,21,32-33H,10-13,15H2,1-4H3;1H/t2*21-;/m11./s1. The van der Waals surface area contributed by atoms with Crippen molar-refractivity contribution in [2.75, 3.05) is 62.2 Å². The Bertz CT molecular complexity index is 2590. The maximum atomic E-state index is 14.6. The third-order valence-corrected chi connectivity index (χ3v) is 12.1. The number of aliphatic hydroxyl groups is 2. The number of aromatic nitrogens is 4. The van der Waals surface area contributed by atoms with Crippen LogP contribution in [0.4, 0.5) is 20.4 Å². The fourth-order valence-corrected chi connectivity index (χ4v) is 8.65. The number of aliphatic hydroxyl groups excluding tert-OH is 2. The third-order valence-electron chi connectivity index (χ3n) is 12.1. The van der Waals surface area contributed by atoms with Crippen molar-refractivity contribution in [3.63, 3.8) is 0 Å². The van der Waals surface area contributed by atoms with E-state index in [1.807, 2.05) is 102 Å². The Balaban J connectivity index is 0.000000224. The highest BCUT2D eigenvalue weighted by atomic mass is 35.5. The fraction of sp³-hybridized carbons (Fsp3) is 0.423. The SMILES string of the molecule is Cc1ccc2c(N3CCN(C(=O)[C@H](O)CC(C)(C)C)CC3)nc(-c3c(O)cccc3F)nc2c1.Cc1ccc2c(N3CCN(C(=O)[C@H](O)CC(C)(C)C)CC3)nc(-c3c(O)cccc3F)nc2c1.Cl. The zero-order valence-electron chi connectivity index (χ0n) is 40.5. The summed E-state index contributed by atoms with van der Waals surface area (Å²) in [6.45, 7) is 19.7. The molecule has 2 aliphatic rings. The highest BCUT2D eigenvalue weighted by molar-refractivity contribution is 5.93. The lowest BCUT2D eigenvalue weighted by atomic mass is 9.89. The van der Waals surface area contributed by atoms with Crippen LogP contribution in [0.15, 0.2) is 72.8 Å². The molecule has 4 N–H and O–H groups in total. The number of rotatable bonds is 8. The Morgan fingerprint density at radius 3 is 1.23 bits per heavy atom. The summed E-state index contributed by atoms with van der Waals surface area (Å²) in [6.07, 6.45) is -1.25. The van der Waals surface area contributed by atoms with E-state index in [1.54, 1.807) is 9.80 Å². The minimum absolute atomic E-state index is 0. The van der Waals surface area contributed by atoms with Gasteiger partial charge in [0.25, 0.3) is 11.8 Å². The van der Waals surface area contributed by atoms with Crippen molar-refractivity contribution in [1.29, 1.82) is 0 Å². The Labute approximate surface area is 408 Å². The Morgan fingerprint density at radius 2 is 0.913 bits per heavy atom. The fourth-order valence-electron chi connectivity index (χ4n) is 8.65. The second-order valence-corrected chi connectivity index (χ2v) is 20.2. The van der Waals surface area contributed by atoms with Gasteiger partial charge in [0.15, 0.2) is 11.6 Å². The molecule has 69 heavy (non-hydrogen) atoms. The summed E-state index contributed by atoms with van der Waals surface area (Å²) in [6, 6.07) is 19.9. The van der Waals surface area contributed by atoms with Crippen molar-refractivity contribution in [2.45, 2.75) is 80.4 Å². The van der Waals surface area contributed by atoms with Crippen molar-refractivity contribution in [3.05, 3.63) is 95.6 Å². The normalized spacial score (nSPS) is 15.4. The number of carbonyl (C=O) groups excluding carboxylic acids is 2. The number of nitrogens with zero attached hydrogens (tertiary/aromatic N) is 8. The van der Waals surface area contributed by atoms with Crippen molar-refractivity contribution in [2.24, 2.45) is 10.8 Å². The zero-order chi connectivity index (χ0) is 49.2. The molecule has 6 aromatic rings. The number of carbonyl (C=O) groups is 2. The molecule has 4 heterocycles. The van der Waals surface area contributed by atoms with Gasteiger partial charge < -0.3 is 40.0 Å². The van der Waals surface area contributed by atoms with Crippen LogP contribution in [0.5, 0.6) is 11.5 Å². The number of phenols is 2. The van der Waals surface area contributed by atoms with E-state index in [0.717, 1.165) is 21.9 Å². The van der Waals surface area contributed by atoms with E-state index in [9.17, 15) is 38.8 Å². The zero-order valence-corrected chi connectivity index (χ0v) is 41.3. The number of amides is 2. The second-order valence-electron chi connectivity index (χ2n) is 20.2. The maximum Gasteiger partial charge on any atom is 0.251 e. The molecule has 8 rings (SSSR count). The number of halogens is 3. The monoisotopic (exact) mass is 968 g/mol. The van der Waals surface area contributed by atoms with Gasteiger partial charge in [0.2, 0.25) is 0 Å². The van der Waals surface area contributed by atoms with E-state index in [4.69, 9.17) is 0 Å². The van der Waals surface area contributed by atoms with Crippen LogP contribution < -0.4 is 9.80 Å². The minimum Gasteiger partial charge on any atom is -0.507 e. The largest absolute Gasteiger partial charge is 0.507 e. The number of hydrogen-bond donors (Lipinski definition) is 4. The van der Waals surface area contributed by atoms with E-state index in [-0.39, 0.29) is 69.3 Å². The maximum absolute atomic E-state index is 14.6. The van der Waals surface area contributed by atoms with E-state index in [0.29, 0.717) is 87.9 Å². The van der Waals surface area contributed by atoms with E-state index >= 15 is 0 Å². The first-order chi connectivity index (χ1) is 32.1. The molecule has 14 nitrogen and oxygen atoms in total. The summed E-state index contributed by atoms with van der Waals surface area (Å²) in [5.74, 6) is -0.658. The van der Waals surface area contributed by atoms with Gasteiger partial charge in [-0.25, -0.2) is 28.7 Å². The number of fused-ring (bicyclic) bond motifs is 2. The van der Waals surface area contributed by atoms with Crippen molar-refractivity contribution < 1.29 is 38.8 Å². The van der Waals surface area contributed by atoms with E-state index in [2.05, 4.69) is 19.9 Å². The minimum atomic E-state index is -1.02. The summed E-state index contributed by atoms with van der Waals surface area (Å²) in [5.41, 5.74) is 2.95. The number of piperazine rings is 2. The summed E-state index contributed by atoms with van der Waals surface area (Å²) in [5, 5.41) is 43.0. The molecule has 0 bridgehead atoms. The number of hydrogen-bond acceptors (Lipinski definition) is 12. The van der Waals surface area contributed by atoms with Gasteiger partial charge in [0.1, 0.15) is 47.0 Å².